The van der Waals surface area contributed by atoms with Gasteiger partial charge >= 0.3 is 0 Å². The third kappa shape index (κ3) is 4.09. The molecule has 0 saturated heterocycles. The maximum Gasteiger partial charge on any atom is 0.248 e. The minimum Gasteiger partial charge on any atom is -0.383 e. The van der Waals surface area contributed by atoms with Gasteiger partial charge in [-0.1, -0.05) is 18.2 Å². The van der Waals surface area contributed by atoms with Crippen LogP contribution in [0.15, 0.2) is 42.5 Å². The van der Waals surface area contributed by atoms with E-state index in [2.05, 4.69) is 9.30 Å². The van der Waals surface area contributed by atoms with Crippen molar-refractivity contribution in [2.45, 2.75) is 26.2 Å². The van der Waals surface area contributed by atoms with Crippen LogP contribution >= 0.6 is 0 Å². The number of ether oxygens (including phenoxy) is 1. The number of nitrogens with two attached hydrogens (primary N) is 2. The molecule has 1 heterocycles. The molecule has 1 aliphatic rings. The van der Waals surface area contributed by atoms with E-state index in [0.29, 0.717) is 25.1 Å². The van der Waals surface area contributed by atoms with E-state index in [1.54, 1.807) is 13.2 Å². The van der Waals surface area contributed by atoms with Crippen molar-refractivity contribution in [3.63, 3.8) is 0 Å². The number of primary amides is 1. The Labute approximate surface area is 170 Å². The number of ketones is 1. The standard InChI is InChI=1S/C20H18N2O2.C3H9NO/c1-12-11-13(9-10-14(12)20(21)24)22-16-6-3-2-5-15(16)19-17(22)7-4-8-18(19)23;1-5-3-2-4/h2-3,5-6,9-11H,4,7-8H2,1H3,(H2,21,24);2-4H2,1H3. The third-order valence-electron chi connectivity index (χ3n) is 5.12. The first kappa shape index (κ1) is 20.8. The molecule has 1 amide bonds. The predicted molar refractivity (Wildman–Crippen MR) is 115 cm³/mol. The molecule has 1 aromatic heterocycles. The molecule has 0 unspecified atom stereocenters. The largest absolute Gasteiger partial charge is 0.383 e. The molecular formula is C23H27N3O3. The number of rotatable bonds is 4. The van der Waals surface area contributed by atoms with E-state index in [-0.39, 0.29) is 5.78 Å². The number of carbonyl (C=O) groups is 2. The molecule has 0 radical (unpaired) electrons. The fourth-order valence-electron chi connectivity index (χ4n) is 3.86. The molecule has 0 aliphatic heterocycles. The van der Waals surface area contributed by atoms with Gasteiger partial charge in [0.1, 0.15) is 0 Å². The smallest absolute Gasteiger partial charge is 0.248 e. The number of methoxy groups -OCH3 is 1. The Morgan fingerprint density at radius 2 is 1.93 bits per heavy atom. The van der Waals surface area contributed by atoms with Crippen molar-refractivity contribution in [1.29, 1.82) is 0 Å². The second-order valence-electron chi connectivity index (χ2n) is 7.10. The third-order valence-corrected chi connectivity index (χ3v) is 5.12. The molecule has 0 saturated carbocycles. The Kier molecular flexibility index (Phi) is 6.46. The van der Waals surface area contributed by atoms with E-state index >= 15 is 0 Å². The van der Waals surface area contributed by atoms with Crippen molar-refractivity contribution in [1.82, 2.24) is 4.57 Å². The van der Waals surface area contributed by atoms with Gasteiger partial charge in [-0.25, -0.2) is 0 Å². The Hall–Kier alpha value is -2.96. The van der Waals surface area contributed by atoms with E-state index in [1.165, 1.54) is 0 Å². The van der Waals surface area contributed by atoms with Crippen LogP contribution in [-0.4, -0.2) is 36.5 Å². The minimum atomic E-state index is -0.423. The van der Waals surface area contributed by atoms with Crippen molar-refractivity contribution >= 4 is 22.6 Å². The van der Waals surface area contributed by atoms with Crippen LogP contribution in [0.25, 0.3) is 16.6 Å². The fraction of sp³-hybridized carbons (Fsp3) is 0.304. The van der Waals surface area contributed by atoms with Crippen LogP contribution in [0.4, 0.5) is 0 Å². The van der Waals surface area contributed by atoms with Gasteiger partial charge in [0, 0.05) is 48.0 Å². The number of hydrogen-bond acceptors (Lipinski definition) is 4. The quantitative estimate of drug-likeness (QED) is 0.711. The zero-order valence-electron chi connectivity index (χ0n) is 16.9. The highest BCUT2D eigenvalue weighted by Crippen LogP contribution is 2.34. The normalized spacial score (nSPS) is 13.0. The number of benzene rings is 2. The van der Waals surface area contributed by atoms with Gasteiger partial charge in [-0.15, -0.1) is 0 Å². The summed E-state index contributed by atoms with van der Waals surface area (Å²) in [5, 5.41) is 1.01. The molecule has 6 nitrogen and oxygen atoms in total. The van der Waals surface area contributed by atoms with Crippen molar-refractivity contribution in [3.05, 3.63) is 64.8 Å². The number of aromatic nitrogens is 1. The maximum atomic E-state index is 12.5. The van der Waals surface area contributed by atoms with E-state index < -0.39 is 5.91 Å². The number of aryl methyl sites for hydroxylation is 1. The lowest BCUT2D eigenvalue weighted by Crippen LogP contribution is -2.14. The number of para-hydroxylation sites is 1. The lowest BCUT2D eigenvalue weighted by atomic mass is 9.94. The SMILES string of the molecule is COCCN.Cc1cc(-n2c3c(c4ccccc42)C(=O)CCC3)ccc1C(N)=O. The van der Waals surface area contributed by atoms with Gasteiger partial charge in [-0.3, -0.25) is 9.59 Å². The summed E-state index contributed by atoms with van der Waals surface area (Å²) < 4.78 is 6.72. The fourth-order valence-corrected chi connectivity index (χ4v) is 3.86. The molecule has 0 spiro atoms. The summed E-state index contributed by atoms with van der Waals surface area (Å²) >= 11 is 0. The molecule has 1 aliphatic carbocycles. The number of amides is 1. The van der Waals surface area contributed by atoms with Crippen LogP contribution in [0.5, 0.6) is 0 Å². The minimum absolute atomic E-state index is 0.219. The Morgan fingerprint density at radius 3 is 2.55 bits per heavy atom. The first-order chi connectivity index (χ1) is 14.0. The van der Waals surface area contributed by atoms with Crippen LogP contribution < -0.4 is 11.5 Å². The van der Waals surface area contributed by atoms with E-state index in [1.807, 2.05) is 43.3 Å². The van der Waals surface area contributed by atoms with E-state index in [4.69, 9.17) is 11.5 Å². The first-order valence-electron chi connectivity index (χ1n) is 9.75. The summed E-state index contributed by atoms with van der Waals surface area (Å²) in [5.41, 5.74) is 15.7. The van der Waals surface area contributed by atoms with Gasteiger partial charge in [0.25, 0.3) is 0 Å². The predicted octanol–water partition coefficient (Wildman–Crippen LogP) is 3.15. The molecule has 152 valence electrons. The van der Waals surface area contributed by atoms with Gasteiger partial charge in [0.05, 0.1) is 12.1 Å². The lowest BCUT2D eigenvalue weighted by Gasteiger charge is -2.16. The van der Waals surface area contributed by atoms with Gasteiger partial charge in [0.2, 0.25) is 5.91 Å². The van der Waals surface area contributed by atoms with Gasteiger partial charge in [-0.05, 0) is 49.6 Å². The number of hydrogen-bond donors (Lipinski definition) is 2. The molecule has 6 heteroatoms. The highest BCUT2D eigenvalue weighted by atomic mass is 16.5. The van der Waals surface area contributed by atoms with Gasteiger partial charge in [0.15, 0.2) is 5.78 Å². The molecule has 4 N–H and O–H groups in total. The van der Waals surface area contributed by atoms with Crippen molar-refractivity contribution in [2.24, 2.45) is 11.5 Å². The summed E-state index contributed by atoms with van der Waals surface area (Å²) in [6, 6.07) is 13.6. The average Bonchev–Trinajstić information content (AvgIpc) is 3.04. The monoisotopic (exact) mass is 393 g/mol. The second kappa shape index (κ2) is 9.03. The Balaban J connectivity index is 0.000000431. The summed E-state index contributed by atoms with van der Waals surface area (Å²) in [6.45, 7) is 3.17. The zero-order chi connectivity index (χ0) is 21.0. The summed E-state index contributed by atoms with van der Waals surface area (Å²) in [7, 11) is 1.63. The van der Waals surface area contributed by atoms with Crippen molar-refractivity contribution in [2.75, 3.05) is 20.3 Å². The molecule has 4 rings (SSSR count). The molecule has 2 aromatic carbocycles. The Bertz CT molecular complexity index is 1050. The summed E-state index contributed by atoms with van der Waals surface area (Å²) in [4.78, 5) is 24.0. The number of carbonyl (C=O) groups excluding carboxylic acids is 2. The topological polar surface area (TPSA) is 100 Å². The summed E-state index contributed by atoms with van der Waals surface area (Å²) in [5.74, 6) is -0.203. The average molecular weight is 393 g/mol. The summed E-state index contributed by atoms with van der Waals surface area (Å²) in [6.07, 6.45) is 2.37. The Morgan fingerprint density at radius 1 is 1.17 bits per heavy atom. The number of Topliss-reactive ketones (excluding diaryl/α,β-unsaturated/α-hetero) is 1. The molecule has 0 fully saturated rings. The van der Waals surface area contributed by atoms with Crippen LogP contribution in [0.2, 0.25) is 0 Å². The van der Waals surface area contributed by atoms with E-state index in [0.717, 1.165) is 46.3 Å². The highest BCUT2D eigenvalue weighted by molar-refractivity contribution is 6.10. The van der Waals surface area contributed by atoms with Crippen LogP contribution in [0.1, 0.15) is 44.8 Å². The molecule has 0 bridgehead atoms. The van der Waals surface area contributed by atoms with Gasteiger partial charge in [-0.2, -0.15) is 0 Å². The lowest BCUT2D eigenvalue weighted by molar-refractivity contribution is 0.0971. The van der Waals surface area contributed by atoms with Crippen molar-refractivity contribution < 1.29 is 14.3 Å². The molecule has 29 heavy (non-hydrogen) atoms. The van der Waals surface area contributed by atoms with Crippen LogP contribution in [-0.2, 0) is 11.2 Å². The molecular weight excluding hydrogens is 366 g/mol. The number of nitrogens with zero attached hydrogens (tertiary/aromatic N) is 1. The first-order valence-corrected chi connectivity index (χ1v) is 9.75. The highest BCUT2D eigenvalue weighted by Gasteiger charge is 2.26. The number of fused-ring (bicyclic) bond motifs is 3. The van der Waals surface area contributed by atoms with Crippen molar-refractivity contribution in [3.8, 4) is 5.69 Å². The second-order valence-corrected chi connectivity index (χ2v) is 7.10. The van der Waals surface area contributed by atoms with E-state index in [9.17, 15) is 9.59 Å². The van der Waals surface area contributed by atoms with Crippen LogP contribution in [0, 0.1) is 6.92 Å². The maximum absolute atomic E-state index is 12.5. The molecule has 3 aromatic rings. The van der Waals surface area contributed by atoms with Crippen LogP contribution in [0.3, 0.4) is 0 Å². The molecule has 0 atom stereocenters. The zero-order valence-corrected chi connectivity index (χ0v) is 16.9. The van der Waals surface area contributed by atoms with Gasteiger partial charge < -0.3 is 20.8 Å².